The van der Waals surface area contributed by atoms with Gasteiger partial charge in [0.25, 0.3) is 0 Å². The fourth-order valence-electron chi connectivity index (χ4n) is 2.38. The van der Waals surface area contributed by atoms with E-state index >= 15 is 0 Å². The standard InChI is InChI=1S/C12H21NO6/c1-6(2)17-4-12-5-18-11(19-12)8(13-7(3)14)9(15)10(12)16/h6,8-11,15-16H,4-5H2,1-3H3,(H,13,14)/t8-,9?,10?,11?,12?/m1/s1. The first-order chi connectivity index (χ1) is 8.85. The van der Waals surface area contributed by atoms with Crippen LogP contribution < -0.4 is 5.32 Å². The maximum atomic E-state index is 11.1. The summed E-state index contributed by atoms with van der Waals surface area (Å²) < 4.78 is 16.6. The second kappa shape index (κ2) is 5.34. The van der Waals surface area contributed by atoms with Crippen molar-refractivity contribution >= 4 is 5.91 Å². The molecule has 5 atom stereocenters. The topological polar surface area (TPSA) is 97.3 Å². The molecule has 3 N–H and O–H groups in total. The molecule has 2 rings (SSSR count). The molecule has 7 nitrogen and oxygen atoms in total. The lowest BCUT2D eigenvalue weighted by Crippen LogP contribution is -2.66. The number of aliphatic hydroxyl groups is 2. The second-order valence-electron chi connectivity index (χ2n) is 5.38. The van der Waals surface area contributed by atoms with E-state index in [1.54, 1.807) is 0 Å². The van der Waals surface area contributed by atoms with Crippen LogP contribution in [0.25, 0.3) is 0 Å². The van der Waals surface area contributed by atoms with Gasteiger partial charge in [0.15, 0.2) is 6.29 Å². The lowest BCUT2D eigenvalue weighted by atomic mass is 9.88. The highest BCUT2D eigenvalue weighted by molar-refractivity contribution is 5.73. The molecule has 2 aliphatic heterocycles. The normalized spacial score (nSPS) is 41.6. The number of rotatable bonds is 4. The monoisotopic (exact) mass is 275 g/mol. The molecule has 2 heterocycles. The van der Waals surface area contributed by atoms with Crippen molar-refractivity contribution in [3.63, 3.8) is 0 Å². The number of carbonyl (C=O) groups is 1. The highest BCUT2D eigenvalue weighted by Gasteiger charge is 2.59. The number of hydrogen-bond donors (Lipinski definition) is 3. The SMILES string of the molecule is CC(=O)N[C@H]1C2OCC(COC(C)C)(O2)C(O)C1O. The average molecular weight is 275 g/mol. The number of hydrogen-bond acceptors (Lipinski definition) is 6. The summed E-state index contributed by atoms with van der Waals surface area (Å²) in [6.07, 6.45) is -3.12. The van der Waals surface area contributed by atoms with Crippen LogP contribution in [0.4, 0.5) is 0 Å². The molecule has 0 radical (unpaired) electrons. The first-order valence-corrected chi connectivity index (χ1v) is 6.40. The number of fused-ring (bicyclic) bond motifs is 2. The van der Waals surface area contributed by atoms with E-state index in [0.717, 1.165) is 0 Å². The predicted molar refractivity (Wildman–Crippen MR) is 64.3 cm³/mol. The van der Waals surface area contributed by atoms with Gasteiger partial charge in [-0.25, -0.2) is 0 Å². The minimum atomic E-state index is -1.18. The zero-order valence-corrected chi connectivity index (χ0v) is 11.3. The van der Waals surface area contributed by atoms with Crippen LogP contribution in [0.15, 0.2) is 0 Å². The summed E-state index contributed by atoms with van der Waals surface area (Å²) in [4.78, 5) is 11.1. The van der Waals surface area contributed by atoms with Gasteiger partial charge in [0.05, 0.1) is 19.3 Å². The number of nitrogens with one attached hydrogen (secondary N) is 1. The summed E-state index contributed by atoms with van der Waals surface area (Å²) in [7, 11) is 0. The molecule has 0 aromatic carbocycles. The van der Waals surface area contributed by atoms with Gasteiger partial charge in [-0.3, -0.25) is 4.79 Å². The maximum Gasteiger partial charge on any atom is 0.217 e. The number of carbonyl (C=O) groups excluding carboxylic acids is 1. The van der Waals surface area contributed by atoms with Crippen LogP contribution in [-0.4, -0.2) is 65.6 Å². The molecule has 0 aromatic rings. The third kappa shape index (κ3) is 2.75. The molecule has 0 aliphatic carbocycles. The van der Waals surface area contributed by atoms with E-state index in [1.165, 1.54) is 6.92 Å². The summed E-state index contributed by atoms with van der Waals surface area (Å²) in [6.45, 7) is 5.33. The summed E-state index contributed by atoms with van der Waals surface area (Å²) in [5.74, 6) is -0.318. The van der Waals surface area contributed by atoms with Gasteiger partial charge < -0.3 is 29.7 Å². The third-order valence-electron chi connectivity index (χ3n) is 3.40. The van der Waals surface area contributed by atoms with Crippen LogP contribution in [-0.2, 0) is 19.0 Å². The fourth-order valence-corrected chi connectivity index (χ4v) is 2.38. The number of aliphatic hydroxyl groups excluding tert-OH is 2. The van der Waals surface area contributed by atoms with Crippen molar-refractivity contribution in [2.75, 3.05) is 13.2 Å². The van der Waals surface area contributed by atoms with Crippen molar-refractivity contribution in [2.24, 2.45) is 0 Å². The van der Waals surface area contributed by atoms with Crippen LogP contribution in [0.5, 0.6) is 0 Å². The Morgan fingerprint density at radius 2 is 2.21 bits per heavy atom. The Morgan fingerprint density at radius 1 is 1.53 bits per heavy atom. The molecule has 2 aliphatic rings. The van der Waals surface area contributed by atoms with Gasteiger partial charge in [0.2, 0.25) is 5.91 Å². The molecule has 0 saturated carbocycles. The Kier molecular flexibility index (Phi) is 4.12. The van der Waals surface area contributed by atoms with E-state index in [9.17, 15) is 15.0 Å². The van der Waals surface area contributed by atoms with Crippen molar-refractivity contribution in [2.45, 2.75) is 57.0 Å². The molecule has 2 saturated heterocycles. The van der Waals surface area contributed by atoms with Gasteiger partial charge >= 0.3 is 0 Å². The highest BCUT2D eigenvalue weighted by Crippen LogP contribution is 2.37. The van der Waals surface area contributed by atoms with E-state index in [4.69, 9.17) is 14.2 Å². The number of amides is 1. The van der Waals surface area contributed by atoms with Gasteiger partial charge in [-0.15, -0.1) is 0 Å². The van der Waals surface area contributed by atoms with Crippen molar-refractivity contribution in [3.8, 4) is 0 Å². The first-order valence-electron chi connectivity index (χ1n) is 6.40. The third-order valence-corrected chi connectivity index (χ3v) is 3.40. The molecule has 4 unspecified atom stereocenters. The molecule has 7 heteroatoms. The zero-order valence-electron chi connectivity index (χ0n) is 11.3. The van der Waals surface area contributed by atoms with Crippen molar-refractivity contribution in [1.29, 1.82) is 0 Å². The predicted octanol–water partition coefficient (Wildman–Crippen LogP) is -1.24. The van der Waals surface area contributed by atoms with Gasteiger partial charge in [-0.2, -0.15) is 0 Å². The molecule has 110 valence electrons. The Bertz CT molecular complexity index is 349. The van der Waals surface area contributed by atoms with Crippen LogP contribution in [0, 0.1) is 0 Å². The molecule has 2 bridgehead atoms. The fraction of sp³-hybridized carbons (Fsp3) is 0.917. The minimum Gasteiger partial charge on any atom is -0.388 e. The van der Waals surface area contributed by atoms with Gasteiger partial charge in [0, 0.05) is 6.92 Å². The molecule has 19 heavy (non-hydrogen) atoms. The molecular formula is C12H21NO6. The van der Waals surface area contributed by atoms with E-state index in [0.29, 0.717) is 0 Å². The van der Waals surface area contributed by atoms with Crippen molar-refractivity contribution < 1.29 is 29.2 Å². The number of ether oxygens (including phenoxy) is 3. The summed E-state index contributed by atoms with van der Waals surface area (Å²) in [5, 5.41) is 22.9. The largest absolute Gasteiger partial charge is 0.388 e. The molecule has 0 aromatic heterocycles. The van der Waals surface area contributed by atoms with Crippen LogP contribution in [0.3, 0.4) is 0 Å². The lowest BCUT2D eigenvalue weighted by Gasteiger charge is -2.42. The summed E-state index contributed by atoms with van der Waals surface area (Å²) >= 11 is 0. The maximum absolute atomic E-state index is 11.1. The van der Waals surface area contributed by atoms with Gasteiger partial charge in [-0.05, 0) is 13.8 Å². The molecule has 0 spiro atoms. The van der Waals surface area contributed by atoms with Gasteiger partial charge in [0.1, 0.15) is 23.9 Å². The molecule has 2 fully saturated rings. The van der Waals surface area contributed by atoms with Crippen LogP contribution in [0.2, 0.25) is 0 Å². The highest BCUT2D eigenvalue weighted by atomic mass is 16.7. The van der Waals surface area contributed by atoms with E-state index in [-0.39, 0.29) is 25.2 Å². The van der Waals surface area contributed by atoms with Crippen molar-refractivity contribution in [1.82, 2.24) is 5.32 Å². The van der Waals surface area contributed by atoms with E-state index < -0.39 is 30.1 Å². The van der Waals surface area contributed by atoms with Crippen LogP contribution >= 0.6 is 0 Å². The van der Waals surface area contributed by atoms with Gasteiger partial charge in [-0.1, -0.05) is 0 Å². The van der Waals surface area contributed by atoms with E-state index in [1.807, 2.05) is 13.8 Å². The Balaban J connectivity index is 2.10. The summed E-state index contributed by atoms with van der Waals surface area (Å²) in [5.41, 5.74) is -1.07. The lowest BCUT2D eigenvalue weighted by molar-refractivity contribution is -0.239. The molecule has 1 amide bonds. The quantitative estimate of drug-likeness (QED) is 0.594. The molecular weight excluding hydrogens is 254 g/mol. The zero-order chi connectivity index (χ0) is 14.2. The Morgan fingerprint density at radius 3 is 2.79 bits per heavy atom. The first kappa shape index (κ1) is 14.7. The summed E-state index contributed by atoms with van der Waals surface area (Å²) in [6, 6.07) is -0.776. The van der Waals surface area contributed by atoms with Crippen molar-refractivity contribution in [3.05, 3.63) is 0 Å². The Hall–Kier alpha value is -0.730. The van der Waals surface area contributed by atoms with E-state index in [2.05, 4.69) is 5.32 Å². The smallest absolute Gasteiger partial charge is 0.217 e. The van der Waals surface area contributed by atoms with Crippen LogP contribution in [0.1, 0.15) is 20.8 Å². The Labute approximate surface area is 111 Å². The second-order valence-corrected chi connectivity index (χ2v) is 5.38. The minimum absolute atomic E-state index is 0.0190. The average Bonchev–Trinajstić information content (AvgIpc) is 2.73.